The Morgan fingerprint density at radius 3 is 2.78 bits per heavy atom. The number of aliphatic imine (C=N–C) groups is 1. The zero-order valence-electron chi connectivity index (χ0n) is 17.8. The lowest BCUT2D eigenvalue weighted by atomic mass is 10.0. The van der Waals surface area contributed by atoms with E-state index in [0.29, 0.717) is 6.61 Å². The third-order valence-electron chi connectivity index (χ3n) is 5.61. The predicted octanol–water partition coefficient (Wildman–Crippen LogP) is 2.08. The maximum absolute atomic E-state index is 5.17. The molecule has 2 rings (SSSR count). The van der Waals surface area contributed by atoms with Crippen molar-refractivity contribution in [2.45, 2.75) is 65.6 Å². The molecule has 1 atom stereocenters. The smallest absolute Gasteiger partial charge is 0.191 e. The van der Waals surface area contributed by atoms with Crippen molar-refractivity contribution in [3.8, 4) is 0 Å². The molecule has 1 fully saturated rings. The van der Waals surface area contributed by atoms with E-state index in [2.05, 4.69) is 46.4 Å². The monoisotopic (exact) mass is 378 g/mol. The Morgan fingerprint density at radius 2 is 2.07 bits per heavy atom. The van der Waals surface area contributed by atoms with Crippen LogP contribution in [0.25, 0.3) is 0 Å². The Hall–Kier alpha value is -1.60. The third kappa shape index (κ3) is 6.21. The van der Waals surface area contributed by atoms with Crippen molar-refractivity contribution in [2.24, 2.45) is 4.99 Å². The van der Waals surface area contributed by atoms with Crippen molar-refractivity contribution in [3.05, 3.63) is 17.0 Å². The van der Waals surface area contributed by atoms with E-state index in [1.807, 2.05) is 11.7 Å². The summed E-state index contributed by atoms with van der Waals surface area (Å²) in [5.74, 6) is 0.850. The SMILES string of the molecule is CCC1CCCCN1CCNC(=NC)NCc1c(C)nn(CCOC)c1C. The van der Waals surface area contributed by atoms with Crippen molar-refractivity contribution in [1.29, 1.82) is 0 Å². The van der Waals surface area contributed by atoms with Crippen LogP contribution in [0.4, 0.5) is 0 Å². The minimum absolute atomic E-state index is 0.674. The lowest BCUT2D eigenvalue weighted by Gasteiger charge is -2.35. The summed E-state index contributed by atoms with van der Waals surface area (Å²) in [7, 11) is 3.54. The van der Waals surface area contributed by atoms with Crippen molar-refractivity contribution in [1.82, 2.24) is 25.3 Å². The molecule has 1 aromatic rings. The lowest BCUT2D eigenvalue weighted by Crippen LogP contribution is -2.45. The summed E-state index contributed by atoms with van der Waals surface area (Å²) in [4.78, 5) is 6.99. The Morgan fingerprint density at radius 1 is 1.26 bits per heavy atom. The molecular weight excluding hydrogens is 340 g/mol. The highest BCUT2D eigenvalue weighted by Crippen LogP contribution is 2.18. The first kappa shape index (κ1) is 21.7. The van der Waals surface area contributed by atoms with Gasteiger partial charge >= 0.3 is 0 Å². The van der Waals surface area contributed by atoms with Crippen LogP contribution in [-0.4, -0.2) is 67.1 Å². The highest BCUT2D eigenvalue weighted by atomic mass is 16.5. The molecule has 154 valence electrons. The van der Waals surface area contributed by atoms with Gasteiger partial charge in [-0.1, -0.05) is 13.3 Å². The van der Waals surface area contributed by atoms with Crippen molar-refractivity contribution < 1.29 is 4.74 Å². The summed E-state index contributed by atoms with van der Waals surface area (Å²) in [5.41, 5.74) is 3.48. The van der Waals surface area contributed by atoms with Crippen LogP contribution in [-0.2, 0) is 17.8 Å². The topological polar surface area (TPSA) is 66.7 Å². The van der Waals surface area contributed by atoms with Crippen LogP contribution in [0, 0.1) is 13.8 Å². The first-order valence-corrected chi connectivity index (χ1v) is 10.3. The van der Waals surface area contributed by atoms with E-state index < -0.39 is 0 Å². The number of likely N-dealkylation sites (tertiary alicyclic amines) is 1. The van der Waals surface area contributed by atoms with Crippen LogP contribution in [0.2, 0.25) is 0 Å². The van der Waals surface area contributed by atoms with Gasteiger partial charge in [0.15, 0.2) is 5.96 Å². The molecule has 0 amide bonds. The van der Waals surface area contributed by atoms with Crippen LogP contribution in [0.5, 0.6) is 0 Å². The van der Waals surface area contributed by atoms with Gasteiger partial charge in [0, 0.05) is 51.1 Å². The first-order valence-electron chi connectivity index (χ1n) is 10.3. The van der Waals surface area contributed by atoms with E-state index in [-0.39, 0.29) is 0 Å². The predicted molar refractivity (Wildman–Crippen MR) is 111 cm³/mol. The standard InChI is InChI=1S/C20H38N6O/c1-6-18-9-7-8-11-25(18)12-10-22-20(21-4)23-15-19-16(2)24-26(17(19)3)13-14-27-5/h18H,6-15H2,1-5H3,(H2,21,22,23). The highest BCUT2D eigenvalue weighted by Gasteiger charge is 2.20. The van der Waals surface area contributed by atoms with Gasteiger partial charge in [0.2, 0.25) is 0 Å². The Balaban J connectivity index is 1.81. The number of hydrogen-bond donors (Lipinski definition) is 2. The van der Waals surface area contributed by atoms with Gasteiger partial charge in [0.05, 0.1) is 18.8 Å². The van der Waals surface area contributed by atoms with Gasteiger partial charge < -0.3 is 15.4 Å². The molecular formula is C20H38N6O. The number of nitrogens with one attached hydrogen (secondary N) is 2. The maximum atomic E-state index is 5.17. The molecule has 0 aliphatic carbocycles. The van der Waals surface area contributed by atoms with E-state index in [4.69, 9.17) is 4.74 Å². The molecule has 1 saturated heterocycles. The Bertz CT molecular complexity index is 598. The molecule has 0 radical (unpaired) electrons. The van der Waals surface area contributed by atoms with E-state index in [1.165, 1.54) is 43.5 Å². The van der Waals surface area contributed by atoms with E-state index in [9.17, 15) is 0 Å². The second kappa shape index (κ2) is 11.3. The molecule has 2 N–H and O–H groups in total. The molecule has 7 nitrogen and oxygen atoms in total. The molecule has 1 aromatic heterocycles. The molecule has 1 unspecified atom stereocenters. The molecule has 2 heterocycles. The van der Waals surface area contributed by atoms with Gasteiger partial charge in [-0.2, -0.15) is 5.10 Å². The number of guanidine groups is 1. The summed E-state index contributed by atoms with van der Waals surface area (Å²) in [6, 6.07) is 0.749. The van der Waals surface area contributed by atoms with Crippen molar-refractivity contribution in [3.63, 3.8) is 0 Å². The normalized spacial score (nSPS) is 18.7. The van der Waals surface area contributed by atoms with Crippen LogP contribution < -0.4 is 10.6 Å². The van der Waals surface area contributed by atoms with Crippen LogP contribution in [0.1, 0.15) is 49.6 Å². The van der Waals surface area contributed by atoms with Crippen LogP contribution in [0.15, 0.2) is 4.99 Å². The maximum Gasteiger partial charge on any atom is 0.191 e. The average molecular weight is 379 g/mol. The van der Waals surface area contributed by atoms with Crippen LogP contribution in [0.3, 0.4) is 0 Å². The molecule has 0 saturated carbocycles. The van der Waals surface area contributed by atoms with Gasteiger partial charge in [-0.25, -0.2) is 0 Å². The first-order chi connectivity index (χ1) is 13.1. The summed E-state index contributed by atoms with van der Waals surface area (Å²) in [6.45, 7) is 11.9. The van der Waals surface area contributed by atoms with Gasteiger partial charge in [-0.05, 0) is 39.7 Å². The molecule has 1 aliphatic rings. The summed E-state index contributed by atoms with van der Waals surface area (Å²) in [6.07, 6.45) is 5.30. The summed E-state index contributed by atoms with van der Waals surface area (Å²) in [5, 5.41) is 11.5. The lowest BCUT2D eigenvalue weighted by molar-refractivity contribution is 0.147. The van der Waals surface area contributed by atoms with Gasteiger partial charge in [0.25, 0.3) is 0 Å². The summed E-state index contributed by atoms with van der Waals surface area (Å²) < 4.78 is 7.19. The minimum atomic E-state index is 0.674. The largest absolute Gasteiger partial charge is 0.383 e. The van der Waals surface area contributed by atoms with Crippen molar-refractivity contribution >= 4 is 5.96 Å². The molecule has 0 spiro atoms. The molecule has 0 bridgehead atoms. The molecule has 1 aliphatic heterocycles. The molecule has 27 heavy (non-hydrogen) atoms. The quantitative estimate of drug-likeness (QED) is 0.509. The zero-order valence-corrected chi connectivity index (χ0v) is 17.8. The number of hydrogen-bond acceptors (Lipinski definition) is 4. The Kier molecular flexibility index (Phi) is 9.07. The summed E-state index contributed by atoms with van der Waals surface area (Å²) >= 11 is 0. The van der Waals surface area contributed by atoms with Gasteiger partial charge in [-0.15, -0.1) is 0 Å². The van der Waals surface area contributed by atoms with E-state index in [1.54, 1.807) is 7.11 Å². The number of piperidine rings is 1. The average Bonchev–Trinajstić information content (AvgIpc) is 2.96. The number of aromatic nitrogens is 2. The van der Waals surface area contributed by atoms with E-state index in [0.717, 1.165) is 43.9 Å². The number of ether oxygens (including phenoxy) is 1. The number of methoxy groups -OCH3 is 1. The molecule has 0 aromatic carbocycles. The van der Waals surface area contributed by atoms with E-state index >= 15 is 0 Å². The second-order valence-electron chi connectivity index (χ2n) is 7.31. The second-order valence-corrected chi connectivity index (χ2v) is 7.31. The fourth-order valence-electron chi connectivity index (χ4n) is 3.91. The minimum Gasteiger partial charge on any atom is -0.383 e. The van der Waals surface area contributed by atoms with Gasteiger partial charge in [-0.3, -0.25) is 14.6 Å². The van der Waals surface area contributed by atoms with Gasteiger partial charge in [0.1, 0.15) is 0 Å². The molecule has 7 heteroatoms. The number of rotatable bonds is 9. The van der Waals surface area contributed by atoms with Crippen LogP contribution >= 0.6 is 0 Å². The fourth-order valence-corrected chi connectivity index (χ4v) is 3.91. The fraction of sp³-hybridized carbons (Fsp3) is 0.800. The highest BCUT2D eigenvalue weighted by molar-refractivity contribution is 5.79. The third-order valence-corrected chi connectivity index (χ3v) is 5.61. The Labute approximate surface area is 164 Å². The van der Waals surface area contributed by atoms with Crippen molar-refractivity contribution in [2.75, 3.05) is 40.4 Å². The number of aryl methyl sites for hydroxylation is 1. The zero-order chi connectivity index (χ0) is 19.6. The number of nitrogens with zero attached hydrogens (tertiary/aromatic N) is 4.